The zero-order valence-electron chi connectivity index (χ0n) is 15.2. The second kappa shape index (κ2) is 9.89. The lowest BCUT2D eigenvalue weighted by atomic mass is 10.1. The monoisotopic (exact) mass is 400 g/mol. The Hall–Kier alpha value is -2.87. The first-order valence-electron chi connectivity index (χ1n) is 8.95. The summed E-state index contributed by atoms with van der Waals surface area (Å²) in [6.45, 7) is 0.832. The number of hydrogen-bond donors (Lipinski definition) is 2. The Morgan fingerprint density at radius 2 is 1.86 bits per heavy atom. The molecule has 2 N–H and O–H groups in total. The molecule has 1 amide bonds. The van der Waals surface area contributed by atoms with Crippen LogP contribution in [0.4, 0.5) is 4.39 Å². The van der Waals surface area contributed by atoms with E-state index < -0.39 is 0 Å². The van der Waals surface area contributed by atoms with Gasteiger partial charge in [-0.2, -0.15) is 0 Å². The van der Waals surface area contributed by atoms with Crippen LogP contribution in [0.1, 0.15) is 11.1 Å². The van der Waals surface area contributed by atoms with Crippen molar-refractivity contribution in [1.82, 2.24) is 20.1 Å². The average Bonchev–Trinajstić information content (AvgIpc) is 3.06. The average molecular weight is 400 g/mol. The van der Waals surface area contributed by atoms with Crippen molar-refractivity contribution in [3.05, 3.63) is 82.0 Å². The van der Waals surface area contributed by atoms with E-state index in [1.165, 1.54) is 22.4 Å². The highest BCUT2D eigenvalue weighted by Crippen LogP contribution is 2.13. The number of hydrogen-bond acceptors (Lipinski definition) is 4. The maximum atomic E-state index is 13.6. The minimum atomic E-state index is -0.293. The molecule has 6 nitrogen and oxygen atoms in total. The molecule has 0 atom stereocenters. The number of aromatic amines is 1. The molecule has 3 aromatic rings. The van der Waals surface area contributed by atoms with Crippen molar-refractivity contribution in [3.63, 3.8) is 0 Å². The minimum Gasteiger partial charge on any atom is -0.355 e. The van der Waals surface area contributed by atoms with Gasteiger partial charge < -0.3 is 5.32 Å². The van der Waals surface area contributed by atoms with Crippen LogP contribution in [0, 0.1) is 5.82 Å². The first kappa shape index (κ1) is 19.9. The number of H-pyrrole nitrogens is 1. The molecule has 0 unspecified atom stereocenters. The predicted octanol–water partition coefficient (Wildman–Crippen LogP) is 2.40. The van der Waals surface area contributed by atoms with Gasteiger partial charge in [0.15, 0.2) is 5.16 Å². The molecule has 0 radical (unpaired) electrons. The number of thioether (sulfide) groups is 1. The van der Waals surface area contributed by atoms with Crippen molar-refractivity contribution in [2.75, 3.05) is 12.3 Å². The van der Waals surface area contributed by atoms with Gasteiger partial charge in [0.05, 0.1) is 5.75 Å². The molecular formula is C20H21FN4O2S. The molecule has 0 saturated heterocycles. The first-order valence-corrected chi connectivity index (χ1v) is 9.94. The van der Waals surface area contributed by atoms with Gasteiger partial charge in [0, 0.05) is 13.1 Å². The number of rotatable bonds is 9. The van der Waals surface area contributed by atoms with Gasteiger partial charge in [0.25, 0.3) is 0 Å². The van der Waals surface area contributed by atoms with Crippen molar-refractivity contribution in [2.45, 2.75) is 24.5 Å². The third-order valence-corrected chi connectivity index (χ3v) is 5.17. The summed E-state index contributed by atoms with van der Waals surface area (Å²) in [7, 11) is 0. The van der Waals surface area contributed by atoms with Gasteiger partial charge in [-0.1, -0.05) is 60.3 Å². The standard InChI is InChI=1S/C20H21FN4O2S/c21-17-9-5-4-8-16(17)10-12-22-18(26)14-28-20-24-23-19(27)25(20)13-11-15-6-2-1-3-7-15/h1-9H,10-14H2,(H,22,26)(H,23,27). The number of benzene rings is 2. The lowest BCUT2D eigenvalue weighted by molar-refractivity contribution is -0.118. The van der Waals surface area contributed by atoms with Gasteiger partial charge in [-0.3, -0.25) is 9.36 Å². The summed E-state index contributed by atoms with van der Waals surface area (Å²) in [5.41, 5.74) is 1.40. The molecular weight excluding hydrogens is 379 g/mol. The van der Waals surface area contributed by atoms with Crippen molar-refractivity contribution in [2.24, 2.45) is 0 Å². The van der Waals surface area contributed by atoms with Gasteiger partial charge in [-0.15, -0.1) is 5.10 Å². The Morgan fingerprint density at radius 1 is 1.11 bits per heavy atom. The van der Waals surface area contributed by atoms with Crippen LogP contribution >= 0.6 is 11.8 Å². The highest BCUT2D eigenvalue weighted by Gasteiger charge is 2.11. The molecule has 0 aliphatic rings. The van der Waals surface area contributed by atoms with Crippen molar-refractivity contribution >= 4 is 17.7 Å². The molecule has 0 aliphatic carbocycles. The fourth-order valence-corrected chi connectivity index (χ4v) is 3.52. The Kier molecular flexibility index (Phi) is 7.02. The number of carbonyl (C=O) groups excluding carboxylic acids is 1. The zero-order chi connectivity index (χ0) is 19.8. The number of amides is 1. The van der Waals surface area contributed by atoms with Gasteiger partial charge in [0.1, 0.15) is 5.82 Å². The summed E-state index contributed by atoms with van der Waals surface area (Å²) >= 11 is 1.20. The largest absolute Gasteiger partial charge is 0.355 e. The lowest BCUT2D eigenvalue weighted by Gasteiger charge is -2.07. The van der Waals surface area contributed by atoms with E-state index in [1.54, 1.807) is 18.2 Å². The van der Waals surface area contributed by atoms with E-state index in [0.717, 1.165) is 5.56 Å². The second-order valence-corrected chi connectivity index (χ2v) is 7.12. The van der Waals surface area contributed by atoms with Gasteiger partial charge in [-0.25, -0.2) is 14.3 Å². The van der Waals surface area contributed by atoms with E-state index in [-0.39, 0.29) is 23.2 Å². The normalized spacial score (nSPS) is 10.8. The SMILES string of the molecule is O=C(CSc1n[nH]c(=O)n1CCc1ccccc1)NCCc1ccccc1F. The van der Waals surface area contributed by atoms with Crippen molar-refractivity contribution in [1.29, 1.82) is 0 Å². The van der Waals surface area contributed by atoms with Crippen LogP contribution in [0.3, 0.4) is 0 Å². The van der Waals surface area contributed by atoms with Crippen molar-refractivity contribution < 1.29 is 9.18 Å². The van der Waals surface area contributed by atoms with Crippen molar-refractivity contribution in [3.8, 4) is 0 Å². The number of nitrogens with zero attached hydrogens (tertiary/aromatic N) is 2. The molecule has 1 heterocycles. The lowest BCUT2D eigenvalue weighted by Crippen LogP contribution is -2.27. The third-order valence-electron chi connectivity index (χ3n) is 4.20. The van der Waals surface area contributed by atoms with Crippen LogP contribution in [0.25, 0.3) is 0 Å². The van der Waals surface area contributed by atoms with Crippen LogP contribution in [0.2, 0.25) is 0 Å². The molecule has 0 bridgehead atoms. The molecule has 0 spiro atoms. The second-order valence-electron chi connectivity index (χ2n) is 6.18. The molecule has 28 heavy (non-hydrogen) atoms. The highest BCUT2D eigenvalue weighted by molar-refractivity contribution is 7.99. The molecule has 8 heteroatoms. The van der Waals surface area contributed by atoms with Crippen LogP contribution in [0.5, 0.6) is 0 Å². The van der Waals surface area contributed by atoms with E-state index in [4.69, 9.17) is 0 Å². The highest BCUT2D eigenvalue weighted by atomic mass is 32.2. The van der Waals surface area contributed by atoms with Gasteiger partial charge in [0.2, 0.25) is 5.91 Å². The maximum absolute atomic E-state index is 13.6. The number of nitrogens with one attached hydrogen (secondary N) is 2. The molecule has 2 aromatic carbocycles. The maximum Gasteiger partial charge on any atom is 0.343 e. The number of aryl methyl sites for hydroxylation is 1. The Labute approximate surface area is 166 Å². The quantitative estimate of drug-likeness (QED) is 0.541. The summed E-state index contributed by atoms with van der Waals surface area (Å²) in [4.78, 5) is 24.0. The zero-order valence-corrected chi connectivity index (χ0v) is 16.0. The summed E-state index contributed by atoms with van der Waals surface area (Å²) < 4.78 is 15.1. The van der Waals surface area contributed by atoms with Gasteiger partial charge >= 0.3 is 5.69 Å². The van der Waals surface area contributed by atoms with Crippen LogP contribution in [0.15, 0.2) is 64.5 Å². The Balaban J connectivity index is 1.47. The molecule has 0 fully saturated rings. The first-order chi connectivity index (χ1) is 13.6. The number of halogens is 1. The topological polar surface area (TPSA) is 79.8 Å². The Bertz CT molecular complexity index is 972. The van der Waals surface area contributed by atoms with Gasteiger partial charge in [-0.05, 0) is 30.0 Å². The summed E-state index contributed by atoms with van der Waals surface area (Å²) in [6, 6.07) is 16.4. The molecule has 146 valence electrons. The van der Waals surface area contributed by atoms with E-state index in [2.05, 4.69) is 15.5 Å². The van der Waals surface area contributed by atoms with E-state index in [9.17, 15) is 14.0 Å². The Morgan fingerprint density at radius 3 is 2.64 bits per heavy atom. The molecule has 0 aliphatic heterocycles. The third kappa shape index (κ3) is 5.56. The predicted molar refractivity (Wildman–Crippen MR) is 107 cm³/mol. The smallest absolute Gasteiger partial charge is 0.343 e. The fourth-order valence-electron chi connectivity index (χ4n) is 2.72. The fraction of sp³-hybridized carbons (Fsp3) is 0.250. The number of carbonyl (C=O) groups is 1. The van der Waals surface area contributed by atoms with Crippen LogP contribution in [-0.4, -0.2) is 33.0 Å². The summed E-state index contributed by atoms with van der Waals surface area (Å²) in [5, 5.41) is 9.67. The molecule has 0 saturated carbocycles. The minimum absolute atomic E-state index is 0.132. The molecule has 3 rings (SSSR count). The number of aromatic nitrogens is 3. The summed E-state index contributed by atoms with van der Waals surface area (Å²) in [6.07, 6.45) is 1.12. The summed E-state index contributed by atoms with van der Waals surface area (Å²) in [5.74, 6) is -0.330. The van der Waals surface area contributed by atoms with Crippen LogP contribution < -0.4 is 11.0 Å². The van der Waals surface area contributed by atoms with Crippen LogP contribution in [-0.2, 0) is 24.2 Å². The van der Waals surface area contributed by atoms with E-state index in [0.29, 0.717) is 36.7 Å². The van der Waals surface area contributed by atoms with E-state index >= 15 is 0 Å². The molecule has 1 aromatic heterocycles. The van der Waals surface area contributed by atoms with E-state index in [1.807, 2.05) is 30.3 Å².